The summed E-state index contributed by atoms with van der Waals surface area (Å²) >= 11 is 0. The first kappa shape index (κ1) is 11.0. The van der Waals surface area contributed by atoms with Crippen molar-refractivity contribution in [3.63, 3.8) is 0 Å². The maximum Gasteiger partial charge on any atom is 0.321 e. The first-order valence-electron chi connectivity index (χ1n) is 5.91. The second-order valence-corrected chi connectivity index (χ2v) is 4.32. The van der Waals surface area contributed by atoms with Gasteiger partial charge in [0.2, 0.25) is 5.88 Å². The summed E-state index contributed by atoms with van der Waals surface area (Å²) in [6, 6.07) is 4.78. The van der Waals surface area contributed by atoms with Crippen molar-refractivity contribution in [2.45, 2.75) is 25.3 Å². The molecule has 1 aliphatic rings. The summed E-state index contributed by atoms with van der Waals surface area (Å²) in [6.07, 6.45) is 4.72. The number of nitrogens with zero attached hydrogens (tertiary/aromatic N) is 3. The normalized spacial score (nSPS) is 14.5. The van der Waals surface area contributed by atoms with Crippen molar-refractivity contribution in [2.24, 2.45) is 0 Å². The number of rotatable bonds is 5. The minimum Gasteiger partial charge on any atom is -0.481 e. The van der Waals surface area contributed by atoms with E-state index in [1.54, 1.807) is 13.3 Å². The molecule has 0 aromatic carbocycles. The molecule has 1 aliphatic carbocycles. The van der Waals surface area contributed by atoms with Crippen molar-refractivity contribution >= 4 is 6.01 Å². The lowest BCUT2D eigenvalue weighted by molar-refractivity contribution is 0.397. The van der Waals surface area contributed by atoms with Crippen molar-refractivity contribution in [3.05, 3.63) is 29.7 Å². The van der Waals surface area contributed by atoms with E-state index in [2.05, 4.69) is 20.4 Å². The zero-order valence-electron chi connectivity index (χ0n) is 10.1. The van der Waals surface area contributed by atoms with Crippen molar-refractivity contribution in [2.75, 3.05) is 12.4 Å². The molecule has 2 heterocycles. The molecule has 3 rings (SSSR count). The summed E-state index contributed by atoms with van der Waals surface area (Å²) in [4.78, 5) is 8.41. The maximum atomic E-state index is 5.12. The molecule has 0 radical (unpaired) electrons. The number of anilines is 1. The van der Waals surface area contributed by atoms with Crippen LogP contribution in [0, 0.1) is 0 Å². The second-order valence-electron chi connectivity index (χ2n) is 4.32. The summed E-state index contributed by atoms with van der Waals surface area (Å²) in [5.41, 5.74) is 1.02. The van der Waals surface area contributed by atoms with Gasteiger partial charge in [-0.2, -0.15) is 4.98 Å². The highest BCUT2D eigenvalue weighted by Gasteiger charge is 2.23. The van der Waals surface area contributed by atoms with Crippen LogP contribution in [-0.4, -0.2) is 28.3 Å². The number of aromatic nitrogens is 3. The van der Waals surface area contributed by atoms with Crippen LogP contribution in [0.15, 0.2) is 22.9 Å². The SMILES string of the molecule is COc1ccc(Cc2noc(NC3CC3)n2)cn1. The fourth-order valence-corrected chi connectivity index (χ4v) is 1.61. The molecule has 6 nitrogen and oxygen atoms in total. The van der Waals surface area contributed by atoms with E-state index in [0.29, 0.717) is 30.2 Å². The standard InChI is InChI=1S/C12H14N4O2/c1-17-11-5-2-8(7-13-11)6-10-15-12(18-16-10)14-9-3-4-9/h2,5,7,9H,3-4,6H2,1H3,(H,14,15,16). The minimum absolute atomic E-state index is 0.508. The van der Waals surface area contributed by atoms with Gasteiger partial charge < -0.3 is 14.6 Å². The molecule has 0 saturated heterocycles. The predicted molar refractivity (Wildman–Crippen MR) is 64.5 cm³/mol. The van der Waals surface area contributed by atoms with Crippen molar-refractivity contribution in [1.29, 1.82) is 0 Å². The molecule has 0 bridgehead atoms. The Morgan fingerprint density at radius 3 is 3.00 bits per heavy atom. The highest BCUT2D eigenvalue weighted by Crippen LogP contribution is 2.23. The van der Waals surface area contributed by atoms with Gasteiger partial charge in [0.25, 0.3) is 0 Å². The Labute approximate surface area is 104 Å². The van der Waals surface area contributed by atoms with Gasteiger partial charge >= 0.3 is 6.01 Å². The Morgan fingerprint density at radius 1 is 1.44 bits per heavy atom. The summed E-state index contributed by atoms with van der Waals surface area (Å²) in [6.45, 7) is 0. The number of methoxy groups -OCH3 is 1. The lowest BCUT2D eigenvalue weighted by atomic mass is 10.2. The zero-order chi connectivity index (χ0) is 12.4. The van der Waals surface area contributed by atoms with Gasteiger partial charge in [-0.3, -0.25) is 0 Å². The average molecular weight is 246 g/mol. The summed E-state index contributed by atoms with van der Waals surface area (Å²) in [5, 5.41) is 7.09. The summed E-state index contributed by atoms with van der Waals surface area (Å²) < 4.78 is 10.1. The third kappa shape index (κ3) is 2.58. The molecule has 6 heteroatoms. The topological polar surface area (TPSA) is 73.1 Å². The van der Waals surface area contributed by atoms with Crippen LogP contribution in [0.25, 0.3) is 0 Å². The van der Waals surface area contributed by atoms with E-state index in [-0.39, 0.29) is 0 Å². The molecule has 2 aromatic rings. The van der Waals surface area contributed by atoms with Crippen LogP contribution in [0.5, 0.6) is 5.88 Å². The van der Waals surface area contributed by atoms with E-state index < -0.39 is 0 Å². The molecule has 2 aromatic heterocycles. The van der Waals surface area contributed by atoms with Crippen molar-refractivity contribution in [1.82, 2.24) is 15.1 Å². The Hall–Kier alpha value is -2.11. The highest BCUT2D eigenvalue weighted by molar-refractivity contribution is 5.26. The van der Waals surface area contributed by atoms with Gasteiger partial charge in [-0.1, -0.05) is 11.2 Å². The number of pyridine rings is 1. The van der Waals surface area contributed by atoms with E-state index in [0.717, 1.165) is 5.56 Å². The fourth-order valence-electron chi connectivity index (χ4n) is 1.61. The Balaban J connectivity index is 1.64. The van der Waals surface area contributed by atoms with Gasteiger partial charge in [-0.25, -0.2) is 4.98 Å². The second kappa shape index (κ2) is 4.64. The van der Waals surface area contributed by atoms with Gasteiger partial charge in [-0.05, 0) is 18.4 Å². The van der Waals surface area contributed by atoms with Crippen LogP contribution in [0.4, 0.5) is 6.01 Å². The largest absolute Gasteiger partial charge is 0.481 e. The molecule has 0 atom stereocenters. The van der Waals surface area contributed by atoms with E-state index in [1.807, 2.05) is 12.1 Å². The summed E-state index contributed by atoms with van der Waals surface area (Å²) in [7, 11) is 1.59. The van der Waals surface area contributed by atoms with Crippen LogP contribution in [-0.2, 0) is 6.42 Å². The molecule has 1 N–H and O–H groups in total. The van der Waals surface area contributed by atoms with E-state index >= 15 is 0 Å². The molecule has 1 fully saturated rings. The molecular weight excluding hydrogens is 232 g/mol. The Morgan fingerprint density at radius 2 is 2.33 bits per heavy atom. The number of hydrogen-bond acceptors (Lipinski definition) is 6. The van der Waals surface area contributed by atoms with Crippen molar-refractivity contribution in [3.8, 4) is 5.88 Å². The average Bonchev–Trinajstić information content (AvgIpc) is 3.10. The molecule has 1 saturated carbocycles. The molecule has 0 amide bonds. The Kier molecular flexibility index (Phi) is 2.84. The third-order valence-corrected chi connectivity index (χ3v) is 2.74. The van der Waals surface area contributed by atoms with E-state index in [9.17, 15) is 0 Å². The highest BCUT2D eigenvalue weighted by atomic mass is 16.5. The van der Waals surface area contributed by atoms with E-state index in [4.69, 9.17) is 9.26 Å². The minimum atomic E-state index is 0.508. The first-order chi connectivity index (χ1) is 8.83. The van der Waals surface area contributed by atoms with Crippen LogP contribution in [0.1, 0.15) is 24.2 Å². The lowest BCUT2D eigenvalue weighted by Gasteiger charge is -1.99. The van der Waals surface area contributed by atoms with Gasteiger partial charge in [0.1, 0.15) is 0 Å². The monoisotopic (exact) mass is 246 g/mol. The van der Waals surface area contributed by atoms with Gasteiger partial charge in [0.15, 0.2) is 5.82 Å². The summed E-state index contributed by atoms with van der Waals surface area (Å²) in [5.74, 6) is 1.26. The number of nitrogens with one attached hydrogen (secondary N) is 1. The molecule has 18 heavy (non-hydrogen) atoms. The Bertz CT molecular complexity index is 519. The number of ether oxygens (including phenoxy) is 1. The van der Waals surface area contributed by atoms with Crippen molar-refractivity contribution < 1.29 is 9.26 Å². The van der Waals surface area contributed by atoms with Gasteiger partial charge in [-0.15, -0.1) is 0 Å². The van der Waals surface area contributed by atoms with E-state index in [1.165, 1.54) is 12.8 Å². The zero-order valence-corrected chi connectivity index (χ0v) is 10.1. The smallest absolute Gasteiger partial charge is 0.321 e. The predicted octanol–water partition coefficient (Wildman–Crippen LogP) is 1.64. The quantitative estimate of drug-likeness (QED) is 0.864. The molecular formula is C12H14N4O2. The number of hydrogen-bond donors (Lipinski definition) is 1. The third-order valence-electron chi connectivity index (χ3n) is 2.74. The van der Waals surface area contributed by atoms with Gasteiger partial charge in [0.05, 0.1) is 7.11 Å². The molecule has 0 aliphatic heterocycles. The molecule has 0 spiro atoms. The van der Waals surface area contributed by atoms with Crippen LogP contribution < -0.4 is 10.1 Å². The van der Waals surface area contributed by atoms with Crippen LogP contribution >= 0.6 is 0 Å². The molecule has 0 unspecified atom stereocenters. The lowest BCUT2D eigenvalue weighted by Crippen LogP contribution is -2.01. The van der Waals surface area contributed by atoms with Crippen LogP contribution in [0.3, 0.4) is 0 Å². The van der Waals surface area contributed by atoms with Gasteiger partial charge in [0, 0.05) is 24.7 Å². The fraction of sp³-hybridized carbons (Fsp3) is 0.417. The van der Waals surface area contributed by atoms with Crippen LogP contribution in [0.2, 0.25) is 0 Å². The maximum absolute atomic E-state index is 5.12. The molecule has 94 valence electrons. The first-order valence-corrected chi connectivity index (χ1v) is 5.91.